The summed E-state index contributed by atoms with van der Waals surface area (Å²) in [6.07, 6.45) is 0.833. The first kappa shape index (κ1) is 47.1. The first-order chi connectivity index (χ1) is 28.2. The van der Waals surface area contributed by atoms with Crippen LogP contribution in [0.3, 0.4) is 0 Å². The molecular weight excluding hydrogens is 835 g/mol. The van der Waals surface area contributed by atoms with Crippen LogP contribution in [0.15, 0.2) is 146 Å². The number of hydrogen-bond acceptors (Lipinski definition) is 4. The fraction of sp³-hybridized carbons (Fsp3) is 0.240. The van der Waals surface area contributed by atoms with Gasteiger partial charge in [-0.05, 0) is 70.2 Å². The second-order valence-electron chi connectivity index (χ2n) is 15.2. The molecule has 9 heteroatoms. The number of nitrogens with zero attached hydrogens (tertiary/aromatic N) is 2. The van der Waals surface area contributed by atoms with Crippen molar-refractivity contribution in [1.82, 2.24) is 9.55 Å². The molecule has 0 saturated heterocycles. The van der Waals surface area contributed by atoms with Crippen LogP contribution < -0.4 is 11.1 Å². The predicted molar refractivity (Wildman–Crippen MR) is 253 cm³/mol. The van der Waals surface area contributed by atoms with Gasteiger partial charge in [-0.1, -0.05) is 177 Å². The Morgan fingerprint density at radius 1 is 0.576 bits per heavy atom. The van der Waals surface area contributed by atoms with E-state index in [-0.39, 0.29) is 0 Å². The molecule has 0 atom stereocenters. The minimum absolute atomic E-state index is 0.434. The van der Waals surface area contributed by atoms with Crippen molar-refractivity contribution in [2.45, 2.75) is 79.1 Å². The third-order valence-electron chi connectivity index (χ3n) is 9.69. The number of hydrogen-bond donors (Lipinski definition) is 2. The van der Waals surface area contributed by atoms with Crippen molar-refractivity contribution >= 4 is 64.7 Å². The van der Waals surface area contributed by atoms with Gasteiger partial charge in [0.1, 0.15) is 12.1 Å². The fourth-order valence-corrected chi connectivity index (χ4v) is 6.78. The molecule has 3 N–H and O–H groups in total. The normalized spacial score (nSPS) is 11.0. The fourth-order valence-electron chi connectivity index (χ4n) is 6.78. The predicted octanol–water partition coefficient (Wildman–Crippen LogP) is 15.8. The molecule has 7 rings (SSSR count). The number of carbonyl (C=O) groups excluding carboxylic acids is 1. The van der Waals surface area contributed by atoms with Gasteiger partial charge in [0.25, 0.3) is 0 Å². The first-order valence-corrected chi connectivity index (χ1v) is 24.4. The zero-order valence-electron chi connectivity index (χ0n) is 35.1. The molecule has 0 unspecified atom stereocenters. The maximum atomic E-state index is 10.0. The average Bonchev–Trinajstić information content (AvgIpc) is 3.61. The first-order valence-electron chi connectivity index (χ1n) is 19.8. The molecule has 0 bridgehead atoms. The zero-order chi connectivity index (χ0) is 43.1. The van der Waals surface area contributed by atoms with E-state index in [0.29, 0.717) is 23.7 Å². The van der Waals surface area contributed by atoms with Crippen molar-refractivity contribution < 1.29 is 16.0 Å². The van der Waals surface area contributed by atoms with Gasteiger partial charge in [0.15, 0.2) is 0 Å². The Kier molecular flexibility index (Phi) is 18.6. The van der Waals surface area contributed by atoms with Crippen molar-refractivity contribution in [3.05, 3.63) is 173 Å². The van der Waals surface area contributed by atoms with Crippen molar-refractivity contribution in [2.75, 3.05) is 11.1 Å². The van der Waals surface area contributed by atoms with Crippen LogP contribution in [0.4, 0.5) is 17.1 Å². The van der Waals surface area contributed by atoms with Gasteiger partial charge in [-0.15, -0.1) is 0 Å². The average molecular weight is 891 g/mol. The molecule has 0 aliphatic rings. The third kappa shape index (κ3) is 13.2. The molecule has 6 aromatic carbocycles. The van der Waals surface area contributed by atoms with E-state index >= 15 is 0 Å². The summed E-state index contributed by atoms with van der Waals surface area (Å²) in [6, 6.07) is 49.2. The molecule has 5 nitrogen and oxygen atoms in total. The molecule has 0 radical (unpaired) electrons. The molecule has 0 aliphatic heterocycles. The van der Waals surface area contributed by atoms with Gasteiger partial charge in [0, 0.05) is 16.8 Å². The van der Waals surface area contributed by atoms with Gasteiger partial charge in [-0.2, -0.15) is 0 Å². The van der Waals surface area contributed by atoms with Crippen molar-refractivity contribution in [3.63, 3.8) is 0 Å². The van der Waals surface area contributed by atoms with Crippen LogP contribution in [-0.2, 0) is 11.2 Å². The van der Waals surface area contributed by atoms with E-state index in [1.165, 1.54) is 33.6 Å². The zero-order valence-corrected chi connectivity index (χ0v) is 38.5. The number of fused-ring (bicyclic) bond motifs is 1. The SMILES string of the molecule is CC(C)c1cccc(C(C)C)c1-n1c(-c2ccccc2)nc2ccccc21.CC(C)c1cccc(C(C)C)c1Nc1ccccc1N.O=Cc1ccccc1.[Cl][Fe]([Cl])[Cl]. The van der Waals surface area contributed by atoms with Crippen molar-refractivity contribution in [1.29, 1.82) is 0 Å². The van der Waals surface area contributed by atoms with Gasteiger partial charge in [-0.25, -0.2) is 4.98 Å². The van der Waals surface area contributed by atoms with E-state index < -0.39 is 11.2 Å². The number of aldehydes is 1. The Labute approximate surface area is 368 Å². The van der Waals surface area contributed by atoms with Crippen LogP contribution in [0.2, 0.25) is 0 Å². The molecule has 1 heterocycles. The second kappa shape index (κ2) is 23.3. The topological polar surface area (TPSA) is 72.9 Å². The number of para-hydroxylation sites is 6. The van der Waals surface area contributed by atoms with E-state index in [2.05, 4.69) is 156 Å². The van der Waals surface area contributed by atoms with E-state index in [1.54, 1.807) is 12.1 Å². The van der Waals surface area contributed by atoms with E-state index in [4.69, 9.17) is 41.0 Å². The molecule has 1 aromatic heterocycles. The van der Waals surface area contributed by atoms with Crippen LogP contribution in [-0.4, -0.2) is 15.8 Å². The number of nitrogens with one attached hydrogen (secondary N) is 1. The maximum absolute atomic E-state index is 10.0. The van der Waals surface area contributed by atoms with Crippen LogP contribution in [0.5, 0.6) is 0 Å². The number of anilines is 3. The monoisotopic (exact) mass is 889 g/mol. The van der Waals surface area contributed by atoms with Gasteiger partial charge in [0.2, 0.25) is 0 Å². The molecule has 311 valence electrons. The van der Waals surface area contributed by atoms with Crippen LogP contribution in [0.1, 0.15) is 112 Å². The summed E-state index contributed by atoms with van der Waals surface area (Å²) >= 11 is -1.33. The molecule has 0 fully saturated rings. The summed E-state index contributed by atoms with van der Waals surface area (Å²) in [7, 11) is 14.7. The Morgan fingerprint density at radius 2 is 1.02 bits per heavy atom. The number of aromatic nitrogens is 2. The second-order valence-corrected chi connectivity index (χ2v) is 20.7. The minimum atomic E-state index is -1.33. The Hall–Kier alpha value is -4.55. The van der Waals surface area contributed by atoms with Gasteiger partial charge in [-0.3, -0.25) is 9.36 Å². The van der Waals surface area contributed by atoms with Crippen LogP contribution in [0, 0.1) is 0 Å². The summed E-state index contributed by atoms with van der Waals surface area (Å²) in [5, 5.41) is 3.55. The quantitative estimate of drug-likeness (QED) is 0.0860. The summed E-state index contributed by atoms with van der Waals surface area (Å²) in [4.78, 5) is 15.0. The summed E-state index contributed by atoms with van der Waals surface area (Å²) in [5.74, 6) is 2.82. The van der Waals surface area contributed by atoms with Crippen LogP contribution >= 0.6 is 30.3 Å². The molecular formula is C50H56Cl3FeN4O. The van der Waals surface area contributed by atoms with Gasteiger partial charge < -0.3 is 11.1 Å². The number of rotatable bonds is 9. The summed E-state index contributed by atoms with van der Waals surface area (Å²) in [5.41, 5.74) is 19.8. The van der Waals surface area contributed by atoms with Crippen molar-refractivity contribution in [2.24, 2.45) is 0 Å². The Balaban J connectivity index is 0.000000209. The molecule has 0 spiro atoms. The molecule has 59 heavy (non-hydrogen) atoms. The molecule has 0 aliphatic carbocycles. The van der Waals surface area contributed by atoms with Gasteiger partial charge in [0.05, 0.1) is 28.1 Å². The van der Waals surface area contributed by atoms with E-state index in [9.17, 15) is 4.79 Å². The summed E-state index contributed by atoms with van der Waals surface area (Å²) in [6.45, 7) is 18.0. The molecule has 7 aromatic rings. The number of carbonyl (C=O) groups is 1. The van der Waals surface area contributed by atoms with Gasteiger partial charge >= 0.3 is 41.5 Å². The number of imidazole rings is 1. The Bertz CT molecular complexity index is 2310. The summed E-state index contributed by atoms with van der Waals surface area (Å²) < 4.78 is 2.37. The number of nitrogen functional groups attached to an aromatic ring is 1. The van der Waals surface area contributed by atoms with E-state index in [0.717, 1.165) is 45.6 Å². The molecule has 0 saturated carbocycles. The number of benzene rings is 6. The van der Waals surface area contributed by atoms with Crippen molar-refractivity contribution in [3.8, 4) is 17.1 Å². The van der Waals surface area contributed by atoms with Crippen LogP contribution in [0.25, 0.3) is 28.1 Å². The Morgan fingerprint density at radius 3 is 1.49 bits per heavy atom. The number of halogens is 3. The van der Waals surface area contributed by atoms with E-state index in [1.807, 2.05) is 42.5 Å². The number of nitrogens with two attached hydrogens (primary N) is 1. The third-order valence-corrected chi connectivity index (χ3v) is 9.69. The molecule has 0 amide bonds. The standard InChI is InChI=1S/C25H26N2.C18H24N2.C7H6O.3ClH.Fe/c1-17(2)20-13-10-14-21(18(3)4)24(20)27-23-16-9-8-15-22(23)26-25(27)19-11-6-5-7-12-19;1-12(2)14-8-7-9-15(13(3)4)18(14)20-17-11-6-5-10-16(17)19;8-6-7-4-2-1-3-5-7;;;;/h5-18H,1-4H3;5-13,20H,19H2,1-4H3;1-6H;3*1H;/q;;;;;;+3/p-3.